The number of aliphatic hydroxyl groups excluding tert-OH is 1. The summed E-state index contributed by atoms with van der Waals surface area (Å²) in [4.78, 5) is 6.86. The predicted octanol–water partition coefficient (Wildman–Crippen LogP) is 4.22. The van der Waals surface area contributed by atoms with Gasteiger partial charge in [0.15, 0.2) is 0 Å². The van der Waals surface area contributed by atoms with Crippen LogP contribution < -0.4 is 4.90 Å². The van der Waals surface area contributed by atoms with Crippen LogP contribution in [0.1, 0.15) is 24.5 Å². The first-order valence-electron chi connectivity index (χ1n) is 8.78. The summed E-state index contributed by atoms with van der Waals surface area (Å²) in [5.41, 5.74) is 3.25. The van der Waals surface area contributed by atoms with Crippen molar-refractivity contribution in [3.63, 3.8) is 0 Å². The molecule has 0 aliphatic carbocycles. The largest absolute Gasteiger partial charge is 0.394 e. The van der Waals surface area contributed by atoms with Gasteiger partial charge >= 0.3 is 0 Å². The van der Waals surface area contributed by atoms with Crippen LogP contribution in [0, 0.1) is 0 Å². The van der Waals surface area contributed by atoms with Crippen LogP contribution in [0.15, 0.2) is 41.1 Å². The third-order valence-corrected chi connectivity index (χ3v) is 5.80. The standard InChI is InChI=1S/C19H20BrClN4O/c20-14-11-15-18(1-5-22-19(15)16(21)12-14)24-7-3-13(4-8-24)17-2-6-23-25(17)9-10-26/h1-2,5-6,11-13,26H,3-4,7-10H2. The molecule has 2 aromatic heterocycles. The average Bonchev–Trinajstić information content (AvgIpc) is 3.10. The van der Waals surface area contributed by atoms with E-state index in [-0.39, 0.29) is 6.61 Å². The minimum absolute atomic E-state index is 0.117. The first-order valence-corrected chi connectivity index (χ1v) is 9.95. The molecule has 1 aliphatic rings. The van der Waals surface area contributed by atoms with Gasteiger partial charge in [0.2, 0.25) is 0 Å². The number of nitrogens with zero attached hydrogens (tertiary/aromatic N) is 4. The number of fused-ring (bicyclic) bond motifs is 1. The van der Waals surface area contributed by atoms with Crippen molar-refractivity contribution in [1.29, 1.82) is 0 Å². The molecule has 0 saturated carbocycles. The van der Waals surface area contributed by atoms with Crippen molar-refractivity contribution in [2.45, 2.75) is 25.3 Å². The first kappa shape index (κ1) is 17.8. The molecule has 3 aromatic rings. The number of hydrogen-bond acceptors (Lipinski definition) is 4. The van der Waals surface area contributed by atoms with E-state index in [1.807, 2.05) is 23.1 Å². The summed E-state index contributed by atoms with van der Waals surface area (Å²) in [5, 5.41) is 15.3. The molecular weight excluding hydrogens is 416 g/mol. The summed E-state index contributed by atoms with van der Waals surface area (Å²) in [7, 11) is 0. The summed E-state index contributed by atoms with van der Waals surface area (Å²) in [5.74, 6) is 0.476. The fourth-order valence-electron chi connectivity index (χ4n) is 3.83. The smallest absolute Gasteiger partial charge is 0.0909 e. The van der Waals surface area contributed by atoms with Crippen molar-refractivity contribution in [3.05, 3.63) is 51.8 Å². The molecule has 3 heterocycles. The van der Waals surface area contributed by atoms with Crippen LogP contribution in [-0.2, 0) is 6.54 Å². The quantitative estimate of drug-likeness (QED) is 0.666. The number of anilines is 1. The van der Waals surface area contributed by atoms with Crippen LogP contribution in [0.25, 0.3) is 10.9 Å². The lowest BCUT2D eigenvalue weighted by molar-refractivity contribution is 0.265. The summed E-state index contributed by atoms with van der Waals surface area (Å²) in [6.07, 6.45) is 5.78. The molecule has 1 N–H and O–H groups in total. The molecule has 136 valence electrons. The predicted molar refractivity (Wildman–Crippen MR) is 108 cm³/mol. The zero-order valence-electron chi connectivity index (χ0n) is 14.3. The molecule has 1 aromatic carbocycles. The molecule has 0 atom stereocenters. The summed E-state index contributed by atoms with van der Waals surface area (Å²) >= 11 is 9.91. The number of piperidine rings is 1. The Labute approximate surface area is 165 Å². The summed E-state index contributed by atoms with van der Waals surface area (Å²) < 4.78 is 2.89. The summed E-state index contributed by atoms with van der Waals surface area (Å²) in [6.45, 7) is 2.62. The van der Waals surface area contributed by atoms with Gasteiger partial charge in [-0.25, -0.2) is 0 Å². The van der Waals surface area contributed by atoms with Gasteiger partial charge in [0.1, 0.15) is 0 Å². The van der Waals surface area contributed by atoms with Gasteiger partial charge < -0.3 is 10.0 Å². The molecule has 0 amide bonds. The Bertz CT molecular complexity index is 921. The molecule has 0 bridgehead atoms. The highest BCUT2D eigenvalue weighted by molar-refractivity contribution is 9.10. The lowest BCUT2D eigenvalue weighted by Gasteiger charge is -2.34. The van der Waals surface area contributed by atoms with Crippen LogP contribution in [0.5, 0.6) is 0 Å². The van der Waals surface area contributed by atoms with E-state index in [0.717, 1.165) is 41.3 Å². The maximum absolute atomic E-state index is 9.21. The monoisotopic (exact) mass is 434 g/mol. The molecule has 7 heteroatoms. The molecule has 4 rings (SSSR count). The van der Waals surface area contributed by atoms with Gasteiger partial charge in [-0.15, -0.1) is 0 Å². The molecule has 1 aliphatic heterocycles. The Morgan fingerprint density at radius 2 is 2.00 bits per heavy atom. The van der Waals surface area contributed by atoms with Crippen LogP contribution >= 0.6 is 27.5 Å². The molecule has 0 spiro atoms. The zero-order chi connectivity index (χ0) is 18.1. The van der Waals surface area contributed by atoms with E-state index >= 15 is 0 Å². The van der Waals surface area contributed by atoms with E-state index in [4.69, 9.17) is 11.6 Å². The normalized spacial score (nSPS) is 15.7. The molecular formula is C19H20BrClN4O. The van der Waals surface area contributed by atoms with Crippen molar-refractivity contribution in [2.24, 2.45) is 0 Å². The van der Waals surface area contributed by atoms with E-state index in [2.05, 4.69) is 49.1 Å². The Kier molecular flexibility index (Phi) is 5.16. The van der Waals surface area contributed by atoms with Crippen LogP contribution in [0.3, 0.4) is 0 Å². The summed E-state index contributed by atoms with van der Waals surface area (Å²) in [6, 6.07) is 8.12. The third-order valence-electron chi connectivity index (χ3n) is 5.06. The zero-order valence-corrected chi connectivity index (χ0v) is 16.6. The Hall–Kier alpha value is -1.63. The van der Waals surface area contributed by atoms with Crippen LogP contribution in [0.2, 0.25) is 5.02 Å². The number of hydrogen-bond donors (Lipinski definition) is 1. The number of aliphatic hydroxyl groups is 1. The SMILES string of the molecule is OCCn1nccc1C1CCN(c2ccnc3c(Cl)cc(Br)cc23)CC1. The molecule has 0 unspecified atom stereocenters. The van der Waals surface area contributed by atoms with E-state index < -0.39 is 0 Å². The van der Waals surface area contributed by atoms with E-state index in [1.54, 1.807) is 0 Å². The van der Waals surface area contributed by atoms with Crippen molar-refractivity contribution < 1.29 is 5.11 Å². The minimum atomic E-state index is 0.117. The number of benzene rings is 1. The number of pyridine rings is 1. The van der Waals surface area contributed by atoms with E-state index in [0.29, 0.717) is 17.5 Å². The van der Waals surface area contributed by atoms with Crippen molar-refractivity contribution in [2.75, 3.05) is 24.6 Å². The van der Waals surface area contributed by atoms with Gasteiger partial charge in [-0.3, -0.25) is 9.67 Å². The molecule has 1 fully saturated rings. The second kappa shape index (κ2) is 7.55. The third kappa shape index (κ3) is 3.33. The highest BCUT2D eigenvalue weighted by Gasteiger charge is 2.24. The molecule has 1 saturated heterocycles. The van der Waals surface area contributed by atoms with Gasteiger partial charge in [-0.05, 0) is 37.1 Å². The molecule has 0 radical (unpaired) electrons. The average molecular weight is 436 g/mol. The second-order valence-corrected chi connectivity index (χ2v) is 7.90. The van der Waals surface area contributed by atoms with E-state index in [1.165, 1.54) is 11.4 Å². The van der Waals surface area contributed by atoms with Gasteiger partial charge in [0.05, 0.1) is 23.7 Å². The number of rotatable bonds is 4. The van der Waals surface area contributed by atoms with Crippen LogP contribution in [-0.4, -0.2) is 39.6 Å². The molecule has 5 nitrogen and oxygen atoms in total. The first-order chi connectivity index (χ1) is 12.7. The van der Waals surface area contributed by atoms with E-state index in [9.17, 15) is 5.11 Å². The number of halogens is 2. The fourth-order valence-corrected chi connectivity index (χ4v) is 4.69. The van der Waals surface area contributed by atoms with Crippen molar-refractivity contribution in [3.8, 4) is 0 Å². The lowest BCUT2D eigenvalue weighted by Crippen LogP contribution is -2.33. The maximum Gasteiger partial charge on any atom is 0.0909 e. The Balaban J connectivity index is 1.57. The Morgan fingerprint density at radius 3 is 2.77 bits per heavy atom. The fraction of sp³-hybridized carbons (Fsp3) is 0.368. The lowest BCUT2D eigenvalue weighted by atomic mass is 9.93. The maximum atomic E-state index is 9.21. The highest BCUT2D eigenvalue weighted by Crippen LogP contribution is 2.36. The second-order valence-electron chi connectivity index (χ2n) is 6.58. The van der Waals surface area contributed by atoms with Gasteiger partial charge in [0, 0.05) is 52.6 Å². The minimum Gasteiger partial charge on any atom is -0.394 e. The number of aromatic nitrogens is 3. The Morgan fingerprint density at radius 1 is 1.19 bits per heavy atom. The topological polar surface area (TPSA) is 54.2 Å². The van der Waals surface area contributed by atoms with Crippen LogP contribution in [0.4, 0.5) is 5.69 Å². The van der Waals surface area contributed by atoms with Crippen molar-refractivity contribution in [1.82, 2.24) is 14.8 Å². The highest BCUT2D eigenvalue weighted by atomic mass is 79.9. The van der Waals surface area contributed by atoms with Crippen molar-refractivity contribution >= 4 is 44.1 Å². The molecule has 26 heavy (non-hydrogen) atoms. The van der Waals surface area contributed by atoms with Gasteiger partial charge in [-0.1, -0.05) is 27.5 Å². The van der Waals surface area contributed by atoms with Gasteiger partial charge in [-0.2, -0.15) is 5.10 Å². The van der Waals surface area contributed by atoms with Gasteiger partial charge in [0.25, 0.3) is 0 Å².